The molecule has 5 nitrogen and oxygen atoms in total. The van der Waals surface area contributed by atoms with Crippen molar-refractivity contribution >= 4 is 35.1 Å². The van der Waals surface area contributed by atoms with E-state index < -0.39 is 11.9 Å². The molecule has 0 saturated carbocycles. The molecule has 0 bridgehead atoms. The number of ether oxygens (including phenoxy) is 3. The average Bonchev–Trinajstić information content (AvgIpc) is 2.26. The van der Waals surface area contributed by atoms with Crippen LogP contribution in [0.2, 0.25) is 0 Å². The van der Waals surface area contributed by atoms with Gasteiger partial charge >= 0.3 is 11.9 Å². The molecule has 0 unspecified atom stereocenters. The van der Waals surface area contributed by atoms with E-state index in [1.807, 2.05) is 0 Å². The number of rotatable bonds is 8. The van der Waals surface area contributed by atoms with Crippen molar-refractivity contribution in [1.29, 1.82) is 0 Å². The van der Waals surface area contributed by atoms with Crippen molar-refractivity contribution in [3.63, 3.8) is 0 Å². The Morgan fingerprint density at radius 3 is 1.53 bits per heavy atom. The summed E-state index contributed by atoms with van der Waals surface area (Å²) in [4.78, 5) is 21.1. The molecule has 0 amide bonds. The van der Waals surface area contributed by atoms with E-state index in [0.717, 1.165) is 0 Å². The third kappa shape index (κ3) is 9.78. The fourth-order valence-corrected chi connectivity index (χ4v) is 0.762. The highest BCUT2D eigenvalue weighted by Gasteiger charge is 2.00. The minimum absolute atomic E-state index is 0.134. The van der Waals surface area contributed by atoms with Gasteiger partial charge < -0.3 is 14.2 Å². The lowest BCUT2D eigenvalue weighted by Crippen LogP contribution is -2.15. The van der Waals surface area contributed by atoms with E-state index in [-0.39, 0.29) is 38.2 Å². The third-order valence-corrected chi connectivity index (χ3v) is 1.64. The molecule has 0 aromatic heterocycles. The van der Waals surface area contributed by atoms with Crippen molar-refractivity contribution in [3.05, 3.63) is 0 Å². The normalized spacial score (nSPS) is 9.73. The third-order valence-electron chi connectivity index (χ3n) is 1.20. The molecule has 88 valence electrons. The van der Waals surface area contributed by atoms with E-state index in [9.17, 15) is 9.59 Å². The molecule has 0 aliphatic heterocycles. The maximum Gasteiger partial charge on any atom is 0.320 e. The topological polar surface area (TPSA) is 61.8 Å². The maximum absolute atomic E-state index is 10.5. The van der Waals surface area contributed by atoms with Crippen LogP contribution in [0.3, 0.4) is 0 Å². The highest BCUT2D eigenvalue weighted by molar-refractivity contribution is 6.26. The van der Waals surface area contributed by atoms with Gasteiger partial charge in [0.25, 0.3) is 0 Å². The van der Waals surface area contributed by atoms with Crippen LogP contribution in [-0.2, 0) is 23.8 Å². The highest BCUT2D eigenvalue weighted by Crippen LogP contribution is 1.86. The summed E-state index contributed by atoms with van der Waals surface area (Å²) in [5.41, 5.74) is 0. The molecule has 0 saturated heterocycles. The Kier molecular flexibility index (Phi) is 9.67. The predicted molar refractivity (Wildman–Crippen MR) is 54.2 cm³/mol. The molecule has 0 radical (unpaired) electrons. The molecule has 0 atom stereocenters. The number of hydrogen-bond donors (Lipinski definition) is 0. The molecule has 0 heterocycles. The standard InChI is InChI=1S/C8H12Cl2O5/c9-5-7(11)14-3-1-13-2-4-15-8(12)6-10/h1-6H2. The van der Waals surface area contributed by atoms with Crippen LogP contribution in [0.4, 0.5) is 0 Å². The maximum atomic E-state index is 10.5. The van der Waals surface area contributed by atoms with Gasteiger partial charge in [-0.05, 0) is 0 Å². The van der Waals surface area contributed by atoms with Crippen LogP contribution in [0, 0.1) is 0 Å². The van der Waals surface area contributed by atoms with E-state index in [0.29, 0.717) is 0 Å². The molecule has 0 fully saturated rings. The zero-order valence-corrected chi connectivity index (χ0v) is 9.55. The summed E-state index contributed by atoms with van der Waals surface area (Å²) in [6.45, 7) is 0.742. The van der Waals surface area contributed by atoms with Gasteiger partial charge in [0.2, 0.25) is 0 Å². The van der Waals surface area contributed by atoms with Crippen LogP contribution in [0.5, 0.6) is 0 Å². The van der Waals surface area contributed by atoms with Crippen molar-refractivity contribution in [2.24, 2.45) is 0 Å². The van der Waals surface area contributed by atoms with Crippen LogP contribution in [-0.4, -0.2) is 50.1 Å². The van der Waals surface area contributed by atoms with Gasteiger partial charge in [-0.1, -0.05) is 0 Å². The van der Waals surface area contributed by atoms with Crippen LogP contribution in [0.25, 0.3) is 0 Å². The zero-order valence-electron chi connectivity index (χ0n) is 8.04. The molecule has 0 aromatic carbocycles. The van der Waals surface area contributed by atoms with Crippen molar-refractivity contribution in [2.75, 3.05) is 38.2 Å². The molecule has 0 aliphatic rings. The molecular weight excluding hydrogens is 247 g/mol. The first-order valence-corrected chi connectivity index (χ1v) is 5.28. The van der Waals surface area contributed by atoms with Gasteiger partial charge in [-0.25, -0.2) is 0 Å². The van der Waals surface area contributed by atoms with E-state index in [4.69, 9.17) is 27.9 Å². The van der Waals surface area contributed by atoms with Crippen LogP contribution < -0.4 is 0 Å². The monoisotopic (exact) mass is 258 g/mol. The number of esters is 2. The Balaban J connectivity index is 3.11. The first-order valence-electron chi connectivity index (χ1n) is 4.21. The van der Waals surface area contributed by atoms with Gasteiger partial charge in [0, 0.05) is 0 Å². The smallest absolute Gasteiger partial charge is 0.320 e. The summed E-state index contributed by atoms with van der Waals surface area (Å²) in [6.07, 6.45) is 0. The summed E-state index contributed by atoms with van der Waals surface area (Å²) in [5, 5.41) is 0. The quantitative estimate of drug-likeness (QED) is 0.362. The first kappa shape index (κ1) is 14.5. The lowest BCUT2D eigenvalue weighted by molar-refractivity contribution is -0.143. The lowest BCUT2D eigenvalue weighted by atomic mass is 10.7. The number of carbonyl (C=O) groups excluding carboxylic acids is 2. The second-order valence-corrected chi connectivity index (χ2v) is 2.86. The number of carbonyl (C=O) groups is 2. The second-order valence-electron chi connectivity index (χ2n) is 2.32. The minimum Gasteiger partial charge on any atom is -0.462 e. The minimum atomic E-state index is -0.492. The zero-order chi connectivity index (χ0) is 11.5. The number of hydrogen-bond acceptors (Lipinski definition) is 5. The van der Waals surface area contributed by atoms with Crippen molar-refractivity contribution < 1.29 is 23.8 Å². The fourth-order valence-electron chi connectivity index (χ4n) is 0.608. The van der Waals surface area contributed by atoms with Crippen LogP contribution in [0.1, 0.15) is 0 Å². The summed E-state index contributed by atoms with van der Waals surface area (Å²) < 4.78 is 14.2. The Hall–Kier alpha value is -0.520. The van der Waals surface area contributed by atoms with E-state index in [2.05, 4.69) is 9.47 Å². The van der Waals surface area contributed by atoms with Crippen molar-refractivity contribution in [3.8, 4) is 0 Å². The van der Waals surface area contributed by atoms with Gasteiger partial charge in [0.05, 0.1) is 13.2 Å². The van der Waals surface area contributed by atoms with Crippen molar-refractivity contribution in [2.45, 2.75) is 0 Å². The predicted octanol–water partition coefficient (Wildman–Crippen LogP) is 0.567. The second kappa shape index (κ2) is 10.0. The Morgan fingerprint density at radius 2 is 1.20 bits per heavy atom. The molecule has 0 rings (SSSR count). The molecule has 7 heteroatoms. The highest BCUT2D eigenvalue weighted by atomic mass is 35.5. The fraction of sp³-hybridized carbons (Fsp3) is 0.750. The molecule has 0 spiro atoms. The van der Waals surface area contributed by atoms with Gasteiger partial charge in [-0.3, -0.25) is 9.59 Å². The van der Waals surface area contributed by atoms with Crippen molar-refractivity contribution in [1.82, 2.24) is 0 Å². The summed E-state index contributed by atoms with van der Waals surface area (Å²) in [6, 6.07) is 0. The largest absolute Gasteiger partial charge is 0.462 e. The number of halogens is 2. The van der Waals surface area contributed by atoms with E-state index >= 15 is 0 Å². The molecule has 0 aromatic rings. The van der Waals surface area contributed by atoms with Gasteiger partial charge in [-0.15, -0.1) is 23.2 Å². The van der Waals surface area contributed by atoms with Gasteiger partial charge in [0.15, 0.2) is 0 Å². The van der Waals surface area contributed by atoms with Gasteiger partial charge in [-0.2, -0.15) is 0 Å². The Labute approximate surface area is 97.6 Å². The Bertz CT molecular complexity index is 177. The van der Waals surface area contributed by atoms with Crippen LogP contribution in [0.15, 0.2) is 0 Å². The Morgan fingerprint density at radius 1 is 0.800 bits per heavy atom. The number of alkyl halides is 2. The van der Waals surface area contributed by atoms with E-state index in [1.165, 1.54) is 0 Å². The van der Waals surface area contributed by atoms with Gasteiger partial charge in [0.1, 0.15) is 25.0 Å². The first-order chi connectivity index (χ1) is 7.20. The SMILES string of the molecule is O=C(CCl)OCCOCCOC(=O)CCl. The van der Waals surface area contributed by atoms with E-state index in [1.54, 1.807) is 0 Å². The summed E-state index contributed by atoms with van der Waals surface area (Å²) in [5.74, 6) is -1.33. The molecule has 0 N–H and O–H groups in total. The molecular formula is C8H12Cl2O5. The average molecular weight is 259 g/mol. The lowest BCUT2D eigenvalue weighted by Gasteiger charge is -2.05. The summed E-state index contributed by atoms with van der Waals surface area (Å²) >= 11 is 10.4. The summed E-state index contributed by atoms with van der Waals surface area (Å²) in [7, 11) is 0. The van der Waals surface area contributed by atoms with Crippen LogP contribution >= 0.6 is 23.2 Å². The molecule has 0 aliphatic carbocycles. The molecule has 15 heavy (non-hydrogen) atoms.